The molecule has 0 aromatic heterocycles. The van der Waals surface area contributed by atoms with Gasteiger partial charge in [0.2, 0.25) is 5.91 Å². The van der Waals surface area contributed by atoms with E-state index in [2.05, 4.69) is 5.32 Å². The summed E-state index contributed by atoms with van der Waals surface area (Å²) in [5.41, 5.74) is 1.05. The number of benzene rings is 1. The van der Waals surface area contributed by atoms with Crippen LogP contribution in [0, 0.1) is 5.92 Å². The van der Waals surface area contributed by atoms with Gasteiger partial charge >= 0.3 is 0 Å². The largest absolute Gasteiger partial charge is 0.396 e. The number of hydrogen-bond acceptors (Lipinski definition) is 2. The summed E-state index contributed by atoms with van der Waals surface area (Å²) >= 11 is 0. The molecule has 2 N–H and O–H groups in total. The Morgan fingerprint density at radius 1 is 1.22 bits per heavy atom. The smallest absolute Gasteiger partial charge is 0.223 e. The molecule has 0 bridgehead atoms. The second-order valence-corrected chi connectivity index (χ2v) is 4.50. The molecule has 100 valence electrons. The molecule has 0 aliphatic heterocycles. The van der Waals surface area contributed by atoms with Gasteiger partial charge in [0.15, 0.2) is 0 Å². The Morgan fingerprint density at radius 3 is 2.33 bits per heavy atom. The summed E-state index contributed by atoms with van der Waals surface area (Å²) in [6.45, 7) is 4.12. The Morgan fingerprint density at radius 2 is 1.83 bits per heavy atom. The third kappa shape index (κ3) is 4.15. The zero-order chi connectivity index (χ0) is 13.4. The lowest BCUT2D eigenvalue weighted by molar-refractivity contribution is -0.126. The fraction of sp³-hybridized carbons (Fsp3) is 0.533. The Labute approximate surface area is 109 Å². The minimum absolute atomic E-state index is 0.0647. The van der Waals surface area contributed by atoms with Crippen LogP contribution in [0.1, 0.15) is 44.7 Å². The molecule has 0 unspecified atom stereocenters. The van der Waals surface area contributed by atoms with Crippen LogP contribution in [0.25, 0.3) is 0 Å². The van der Waals surface area contributed by atoms with Gasteiger partial charge in [0.25, 0.3) is 0 Å². The van der Waals surface area contributed by atoms with Crippen molar-refractivity contribution in [2.24, 2.45) is 5.92 Å². The summed E-state index contributed by atoms with van der Waals surface area (Å²) in [4.78, 5) is 12.1. The molecule has 3 heteroatoms. The summed E-state index contributed by atoms with van der Waals surface area (Å²) in [7, 11) is 0. The molecule has 0 saturated carbocycles. The van der Waals surface area contributed by atoms with Crippen molar-refractivity contribution < 1.29 is 9.90 Å². The number of nitrogens with one attached hydrogen (secondary N) is 1. The Kier molecular flexibility index (Phi) is 6.44. The lowest BCUT2D eigenvalue weighted by Crippen LogP contribution is -2.34. The fourth-order valence-corrected chi connectivity index (χ4v) is 2.09. The Bertz CT molecular complexity index is 347. The summed E-state index contributed by atoms with van der Waals surface area (Å²) in [5, 5.41) is 12.1. The molecule has 0 spiro atoms. The molecule has 1 amide bonds. The van der Waals surface area contributed by atoms with Crippen molar-refractivity contribution in [2.75, 3.05) is 6.61 Å². The quantitative estimate of drug-likeness (QED) is 0.780. The monoisotopic (exact) mass is 249 g/mol. The van der Waals surface area contributed by atoms with E-state index >= 15 is 0 Å². The van der Waals surface area contributed by atoms with Crippen molar-refractivity contribution in [3.05, 3.63) is 35.9 Å². The third-order valence-electron chi connectivity index (χ3n) is 3.29. The van der Waals surface area contributed by atoms with Crippen LogP contribution in [-0.2, 0) is 4.79 Å². The van der Waals surface area contributed by atoms with Crippen LogP contribution in [0.4, 0.5) is 0 Å². The second-order valence-electron chi connectivity index (χ2n) is 4.50. The average Bonchev–Trinajstić information content (AvgIpc) is 2.40. The zero-order valence-corrected chi connectivity index (χ0v) is 11.2. The van der Waals surface area contributed by atoms with Gasteiger partial charge in [0.1, 0.15) is 0 Å². The molecule has 1 rings (SSSR count). The van der Waals surface area contributed by atoms with Gasteiger partial charge in [-0.3, -0.25) is 4.79 Å². The molecule has 3 nitrogen and oxygen atoms in total. The van der Waals surface area contributed by atoms with Crippen LogP contribution in [0.15, 0.2) is 30.3 Å². The first kappa shape index (κ1) is 14.7. The van der Waals surface area contributed by atoms with Crippen molar-refractivity contribution in [1.82, 2.24) is 5.32 Å². The van der Waals surface area contributed by atoms with Crippen molar-refractivity contribution in [1.29, 1.82) is 0 Å². The molecule has 1 aromatic carbocycles. The number of rotatable bonds is 7. The van der Waals surface area contributed by atoms with E-state index < -0.39 is 0 Å². The van der Waals surface area contributed by atoms with Gasteiger partial charge in [-0.1, -0.05) is 44.2 Å². The maximum absolute atomic E-state index is 12.1. The van der Waals surface area contributed by atoms with Gasteiger partial charge in [-0.05, 0) is 24.8 Å². The van der Waals surface area contributed by atoms with E-state index in [9.17, 15) is 4.79 Å². The van der Waals surface area contributed by atoms with Crippen LogP contribution in [0.2, 0.25) is 0 Å². The summed E-state index contributed by atoms with van der Waals surface area (Å²) < 4.78 is 0. The molecule has 1 aromatic rings. The van der Waals surface area contributed by atoms with E-state index in [1.165, 1.54) is 0 Å². The lowest BCUT2D eigenvalue weighted by Gasteiger charge is -2.21. The summed E-state index contributed by atoms with van der Waals surface area (Å²) in [6.07, 6.45) is 2.25. The zero-order valence-electron chi connectivity index (χ0n) is 11.2. The van der Waals surface area contributed by atoms with E-state index in [1.807, 2.05) is 44.2 Å². The number of hydrogen-bond donors (Lipinski definition) is 2. The molecular formula is C15H23NO2. The molecule has 0 aliphatic carbocycles. The summed E-state index contributed by atoms with van der Waals surface area (Å²) in [6, 6.07) is 9.71. The highest BCUT2D eigenvalue weighted by molar-refractivity contribution is 5.79. The number of carbonyl (C=O) groups excluding carboxylic acids is 1. The normalized spacial score (nSPS) is 12.4. The van der Waals surface area contributed by atoms with Crippen LogP contribution < -0.4 is 5.32 Å². The number of aliphatic hydroxyl groups excluding tert-OH is 1. The summed E-state index contributed by atoms with van der Waals surface area (Å²) in [5.74, 6) is 0.150. The first-order valence-electron chi connectivity index (χ1n) is 6.69. The van der Waals surface area contributed by atoms with E-state index in [-0.39, 0.29) is 24.5 Å². The maximum atomic E-state index is 12.1. The van der Waals surface area contributed by atoms with Gasteiger partial charge < -0.3 is 10.4 Å². The number of amides is 1. The highest BCUT2D eigenvalue weighted by Gasteiger charge is 2.19. The van der Waals surface area contributed by atoms with E-state index in [4.69, 9.17) is 5.11 Å². The van der Waals surface area contributed by atoms with Gasteiger partial charge in [0, 0.05) is 12.5 Å². The molecule has 0 aliphatic rings. The molecule has 1 atom stereocenters. The van der Waals surface area contributed by atoms with Crippen molar-refractivity contribution >= 4 is 5.91 Å². The minimum atomic E-state index is -0.0932. The standard InChI is InChI=1S/C15H23NO2/c1-3-12(4-2)15(18)16-14(10-11-17)13-8-6-5-7-9-13/h5-9,12,14,17H,3-4,10-11H2,1-2H3,(H,16,18)/t14-/m1/s1. The number of carbonyl (C=O) groups is 1. The third-order valence-corrected chi connectivity index (χ3v) is 3.29. The van der Waals surface area contributed by atoms with Gasteiger partial charge in [-0.25, -0.2) is 0 Å². The predicted octanol–water partition coefficient (Wildman–Crippen LogP) is 2.66. The fourth-order valence-electron chi connectivity index (χ4n) is 2.09. The first-order chi connectivity index (χ1) is 8.72. The predicted molar refractivity (Wildman–Crippen MR) is 73.1 cm³/mol. The second kappa shape index (κ2) is 7.88. The topological polar surface area (TPSA) is 49.3 Å². The molecule has 0 fully saturated rings. The van der Waals surface area contributed by atoms with Crippen LogP contribution in [0.3, 0.4) is 0 Å². The van der Waals surface area contributed by atoms with Gasteiger partial charge in [-0.2, -0.15) is 0 Å². The number of aliphatic hydroxyl groups is 1. The molecule has 0 heterocycles. The van der Waals surface area contributed by atoms with Crippen molar-refractivity contribution in [2.45, 2.75) is 39.2 Å². The van der Waals surface area contributed by atoms with E-state index in [0.717, 1.165) is 18.4 Å². The molecule has 0 saturated heterocycles. The minimum Gasteiger partial charge on any atom is -0.396 e. The average molecular weight is 249 g/mol. The SMILES string of the molecule is CCC(CC)C(=O)N[C@H](CCO)c1ccccc1. The van der Waals surface area contributed by atoms with E-state index in [0.29, 0.717) is 6.42 Å². The van der Waals surface area contributed by atoms with Crippen LogP contribution >= 0.6 is 0 Å². The van der Waals surface area contributed by atoms with Crippen LogP contribution in [-0.4, -0.2) is 17.6 Å². The lowest BCUT2D eigenvalue weighted by atomic mass is 9.99. The maximum Gasteiger partial charge on any atom is 0.223 e. The van der Waals surface area contributed by atoms with E-state index in [1.54, 1.807) is 0 Å². The van der Waals surface area contributed by atoms with Crippen LogP contribution in [0.5, 0.6) is 0 Å². The Hall–Kier alpha value is -1.35. The highest BCUT2D eigenvalue weighted by atomic mass is 16.3. The molecule has 18 heavy (non-hydrogen) atoms. The van der Waals surface area contributed by atoms with Gasteiger partial charge in [0.05, 0.1) is 6.04 Å². The molecular weight excluding hydrogens is 226 g/mol. The van der Waals surface area contributed by atoms with Crippen molar-refractivity contribution in [3.8, 4) is 0 Å². The first-order valence-corrected chi connectivity index (χ1v) is 6.69. The highest BCUT2D eigenvalue weighted by Crippen LogP contribution is 2.18. The molecule has 0 radical (unpaired) electrons. The Balaban J connectivity index is 2.72. The van der Waals surface area contributed by atoms with Gasteiger partial charge in [-0.15, -0.1) is 0 Å². The van der Waals surface area contributed by atoms with Crippen molar-refractivity contribution in [3.63, 3.8) is 0 Å².